The average molecular weight is 249 g/mol. The van der Waals surface area contributed by atoms with Crippen LogP contribution in [0.2, 0.25) is 10.2 Å². The third kappa shape index (κ3) is 3.93. The molecule has 4 nitrogen and oxygen atoms in total. The first-order chi connectivity index (χ1) is 6.99. The molecule has 0 radical (unpaired) electrons. The van der Waals surface area contributed by atoms with Crippen molar-refractivity contribution < 1.29 is 9.53 Å². The van der Waals surface area contributed by atoms with Crippen molar-refractivity contribution in [1.29, 1.82) is 0 Å². The highest BCUT2D eigenvalue weighted by Crippen LogP contribution is 2.21. The fraction of sp³-hybridized carbons (Fsp3) is 0.333. The molecule has 1 unspecified atom stereocenters. The predicted molar refractivity (Wildman–Crippen MR) is 58.2 cm³/mol. The monoisotopic (exact) mass is 248 g/mol. The van der Waals surface area contributed by atoms with E-state index in [0.29, 0.717) is 15.9 Å². The summed E-state index contributed by atoms with van der Waals surface area (Å²) in [6.07, 6.45) is -0.810. The maximum Gasteiger partial charge on any atom is 0.404 e. The summed E-state index contributed by atoms with van der Waals surface area (Å²) < 4.78 is 4.65. The largest absolute Gasteiger partial charge is 0.449 e. The number of carbonyl (C=O) groups excluding carboxylic acids is 1. The van der Waals surface area contributed by atoms with E-state index in [1.54, 1.807) is 6.07 Å². The van der Waals surface area contributed by atoms with E-state index in [1.165, 1.54) is 6.07 Å². The summed E-state index contributed by atoms with van der Waals surface area (Å²) in [7, 11) is 0. The molecule has 0 aliphatic carbocycles. The molecule has 0 saturated carbocycles. The molecule has 0 aliphatic heterocycles. The maximum atomic E-state index is 10.4. The van der Waals surface area contributed by atoms with Gasteiger partial charge in [0.25, 0.3) is 0 Å². The van der Waals surface area contributed by atoms with Crippen LogP contribution in [0.15, 0.2) is 12.1 Å². The van der Waals surface area contributed by atoms with E-state index in [9.17, 15) is 4.79 Å². The van der Waals surface area contributed by atoms with Crippen LogP contribution < -0.4 is 5.73 Å². The first kappa shape index (κ1) is 12.1. The van der Waals surface area contributed by atoms with Crippen LogP contribution in [0.25, 0.3) is 0 Å². The Hall–Kier alpha value is -1.00. The van der Waals surface area contributed by atoms with E-state index in [0.717, 1.165) is 0 Å². The lowest BCUT2D eigenvalue weighted by Gasteiger charge is -2.10. The number of aromatic nitrogens is 1. The molecule has 0 aliphatic rings. The van der Waals surface area contributed by atoms with Gasteiger partial charge in [-0.05, 0) is 12.1 Å². The fourth-order valence-electron chi connectivity index (χ4n) is 1.03. The van der Waals surface area contributed by atoms with Crippen LogP contribution in [-0.2, 0) is 4.74 Å². The lowest BCUT2D eigenvalue weighted by Crippen LogP contribution is -2.17. The topological polar surface area (TPSA) is 65.2 Å². The van der Waals surface area contributed by atoms with Crippen molar-refractivity contribution in [2.24, 2.45) is 5.73 Å². The van der Waals surface area contributed by atoms with Gasteiger partial charge in [-0.3, -0.25) is 0 Å². The Morgan fingerprint density at radius 1 is 1.60 bits per heavy atom. The number of nitrogens with two attached hydrogens (primary N) is 1. The molecule has 1 heterocycles. The number of carbonyl (C=O) groups is 1. The Morgan fingerprint density at radius 3 is 2.80 bits per heavy atom. The number of pyridine rings is 1. The van der Waals surface area contributed by atoms with Crippen molar-refractivity contribution in [1.82, 2.24) is 4.98 Å². The van der Waals surface area contributed by atoms with Gasteiger partial charge in [0.05, 0.1) is 0 Å². The number of primary amides is 1. The normalized spacial score (nSPS) is 12.2. The van der Waals surface area contributed by atoms with Crippen LogP contribution in [0.1, 0.15) is 18.5 Å². The lowest BCUT2D eigenvalue weighted by atomic mass is 10.1. The number of amides is 1. The Balaban J connectivity index is 2.72. The summed E-state index contributed by atoms with van der Waals surface area (Å²) in [5.74, 6) is -0.103. The van der Waals surface area contributed by atoms with Crippen LogP contribution >= 0.6 is 23.2 Å². The summed E-state index contributed by atoms with van der Waals surface area (Å²) in [6.45, 7) is 1.98. The molecule has 1 aromatic rings. The van der Waals surface area contributed by atoms with Crippen LogP contribution in [0.5, 0.6) is 0 Å². The predicted octanol–water partition coefficient (Wildman–Crippen LogP) is 2.59. The highest BCUT2D eigenvalue weighted by molar-refractivity contribution is 6.33. The molecule has 0 aromatic carbocycles. The van der Waals surface area contributed by atoms with Crippen molar-refractivity contribution in [2.75, 3.05) is 6.61 Å². The van der Waals surface area contributed by atoms with Gasteiger partial charge >= 0.3 is 6.09 Å². The molecule has 2 N–H and O–H groups in total. The molecular weight excluding hydrogens is 239 g/mol. The molecule has 0 spiro atoms. The van der Waals surface area contributed by atoms with E-state index in [1.807, 2.05) is 6.92 Å². The van der Waals surface area contributed by atoms with Crippen LogP contribution in [0, 0.1) is 0 Å². The molecular formula is C9H10Cl2N2O2. The Kier molecular flexibility index (Phi) is 4.17. The minimum Gasteiger partial charge on any atom is -0.449 e. The van der Waals surface area contributed by atoms with Gasteiger partial charge in [-0.2, -0.15) is 0 Å². The molecule has 0 fully saturated rings. The van der Waals surface area contributed by atoms with E-state index in [2.05, 4.69) is 9.72 Å². The van der Waals surface area contributed by atoms with Crippen LogP contribution in [-0.4, -0.2) is 17.7 Å². The summed E-state index contributed by atoms with van der Waals surface area (Å²) in [6, 6.07) is 3.21. The Bertz CT molecular complexity index is 351. The van der Waals surface area contributed by atoms with E-state index < -0.39 is 6.09 Å². The summed E-state index contributed by atoms with van der Waals surface area (Å²) >= 11 is 11.5. The zero-order valence-corrected chi connectivity index (χ0v) is 9.55. The Labute approximate surface area is 97.3 Å². The van der Waals surface area contributed by atoms with Gasteiger partial charge in [-0.15, -0.1) is 0 Å². The number of hydrogen-bond donors (Lipinski definition) is 1. The molecule has 6 heteroatoms. The molecule has 82 valence electrons. The molecule has 0 saturated heterocycles. The lowest BCUT2D eigenvalue weighted by molar-refractivity contribution is 0.150. The van der Waals surface area contributed by atoms with Crippen molar-refractivity contribution in [3.8, 4) is 0 Å². The van der Waals surface area contributed by atoms with Crippen LogP contribution in [0.4, 0.5) is 4.79 Å². The number of halogens is 2. The van der Waals surface area contributed by atoms with Crippen molar-refractivity contribution in [3.05, 3.63) is 28.0 Å². The average Bonchev–Trinajstić information content (AvgIpc) is 2.12. The number of ether oxygens (including phenoxy) is 1. The van der Waals surface area contributed by atoms with Gasteiger partial charge < -0.3 is 10.5 Å². The second-order valence-electron chi connectivity index (χ2n) is 3.06. The zero-order valence-electron chi connectivity index (χ0n) is 8.04. The quantitative estimate of drug-likeness (QED) is 0.837. The summed E-state index contributed by atoms with van der Waals surface area (Å²) in [5.41, 5.74) is 5.51. The van der Waals surface area contributed by atoms with Crippen molar-refractivity contribution in [3.63, 3.8) is 0 Å². The maximum absolute atomic E-state index is 10.4. The van der Waals surface area contributed by atoms with Gasteiger partial charge in [0.15, 0.2) is 0 Å². The molecule has 1 atom stereocenters. The summed E-state index contributed by atoms with van der Waals surface area (Å²) in [5, 5.41) is 0.805. The van der Waals surface area contributed by atoms with E-state index in [4.69, 9.17) is 28.9 Å². The highest BCUT2D eigenvalue weighted by Gasteiger charge is 2.10. The molecule has 0 bridgehead atoms. The zero-order chi connectivity index (χ0) is 11.4. The fourth-order valence-corrected chi connectivity index (χ4v) is 1.52. The second-order valence-corrected chi connectivity index (χ2v) is 3.89. The van der Waals surface area contributed by atoms with Gasteiger partial charge in [0.2, 0.25) is 0 Å². The minimum absolute atomic E-state index is 0.103. The molecule has 1 amide bonds. The first-order valence-electron chi connectivity index (χ1n) is 4.24. The number of rotatable bonds is 3. The van der Waals surface area contributed by atoms with Gasteiger partial charge in [-0.25, -0.2) is 9.78 Å². The Morgan fingerprint density at radius 2 is 2.27 bits per heavy atom. The minimum atomic E-state index is -0.810. The third-order valence-electron chi connectivity index (χ3n) is 1.76. The number of hydrogen-bond acceptors (Lipinski definition) is 3. The molecule has 1 aromatic heterocycles. The van der Waals surface area contributed by atoms with Gasteiger partial charge in [0, 0.05) is 16.6 Å². The van der Waals surface area contributed by atoms with Crippen molar-refractivity contribution >= 4 is 29.3 Å². The van der Waals surface area contributed by atoms with E-state index in [-0.39, 0.29) is 12.5 Å². The SMILES string of the molecule is CC(COC(N)=O)c1cc(Cl)cc(Cl)n1. The second kappa shape index (κ2) is 5.19. The highest BCUT2D eigenvalue weighted by atomic mass is 35.5. The standard InChI is InChI=1S/C9H10Cl2N2O2/c1-5(4-15-9(12)14)7-2-6(10)3-8(11)13-7/h2-3,5H,4H2,1H3,(H2,12,14). The van der Waals surface area contributed by atoms with Crippen LogP contribution in [0.3, 0.4) is 0 Å². The molecule has 1 rings (SSSR count). The van der Waals surface area contributed by atoms with Gasteiger partial charge in [0.1, 0.15) is 11.8 Å². The molecule has 15 heavy (non-hydrogen) atoms. The smallest absolute Gasteiger partial charge is 0.404 e. The number of nitrogens with zero attached hydrogens (tertiary/aromatic N) is 1. The van der Waals surface area contributed by atoms with Crippen molar-refractivity contribution in [2.45, 2.75) is 12.8 Å². The summed E-state index contributed by atoms with van der Waals surface area (Å²) in [4.78, 5) is 14.5. The van der Waals surface area contributed by atoms with E-state index >= 15 is 0 Å². The third-order valence-corrected chi connectivity index (χ3v) is 2.17. The first-order valence-corrected chi connectivity index (χ1v) is 5.00. The van der Waals surface area contributed by atoms with Gasteiger partial charge in [-0.1, -0.05) is 30.1 Å².